The Labute approximate surface area is 77.7 Å². The summed E-state index contributed by atoms with van der Waals surface area (Å²) in [4.78, 5) is 11.3. The lowest BCUT2D eigenvalue weighted by Gasteiger charge is -2.04. The van der Waals surface area contributed by atoms with Crippen LogP contribution in [0.1, 0.15) is 25.1 Å². The van der Waals surface area contributed by atoms with E-state index in [0.717, 1.165) is 11.3 Å². The van der Waals surface area contributed by atoms with Gasteiger partial charge in [-0.1, -0.05) is 13.8 Å². The highest BCUT2D eigenvalue weighted by Gasteiger charge is 2.11. The van der Waals surface area contributed by atoms with Gasteiger partial charge < -0.3 is 5.32 Å². The molecule has 0 radical (unpaired) electrons. The standard InChI is InChI=1S/C9H15N3O/c1-5(2)9(13)10-8-6(3)7(4)11-12-8/h5H,1-4H3,(H2,10,11,12,13). The molecule has 0 aliphatic heterocycles. The van der Waals surface area contributed by atoms with Crippen molar-refractivity contribution >= 4 is 11.7 Å². The number of aryl methyl sites for hydroxylation is 1. The van der Waals surface area contributed by atoms with Gasteiger partial charge in [0.25, 0.3) is 0 Å². The van der Waals surface area contributed by atoms with Gasteiger partial charge in [0.05, 0.1) is 0 Å². The monoisotopic (exact) mass is 181 g/mol. The van der Waals surface area contributed by atoms with Crippen molar-refractivity contribution in [1.29, 1.82) is 0 Å². The molecule has 1 amide bonds. The average molecular weight is 181 g/mol. The summed E-state index contributed by atoms with van der Waals surface area (Å²) in [6.45, 7) is 7.55. The van der Waals surface area contributed by atoms with Gasteiger partial charge in [-0.3, -0.25) is 9.89 Å². The SMILES string of the molecule is Cc1[nH]nc(NC(=O)C(C)C)c1C. The summed E-state index contributed by atoms with van der Waals surface area (Å²) < 4.78 is 0. The minimum Gasteiger partial charge on any atom is -0.309 e. The van der Waals surface area contributed by atoms with E-state index in [2.05, 4.69) is 15.5 Å². The third kappa shape index (κ3) is 2.08. The Balaban J connectivity index is 2.75. The molecule has 4 nitrogen and oxygen atoms in total. The lowest BCUT2D eigenvalue weighted by molar-refractivity contribution is -0.118. The molecule has 2 N–H and O–H groups in total. The molecule has 0 fully saturated rings. The van der Waals surface area contributed by atoms with Crippen LogP contribution in [0.15, 0.2) is 0 Å². The number of aromatic nitrogens is 2. The lowest BCUT2D eigenvalue weighted by Crippen LogP contribution is -2.18. The molecule has 0 atom stereocenters. The molecule has 1 rings (SSSR count). The van der Waals surface area contributed by atoms with Gasteiger partial charge >= 0.3 is 0 Å². The highest BCUT2D eigenvalue weighted by atomic mass is 16.1. The summed E-state index contributed by atoms with van der Waals surface area (Å²) in [5, 5.41) is 9.55. The van der Waals surface area contributed by atoms with Crippen molar-refractivity contribution in [3.05, 3.63) is 11.3 Å². The largest absolute Gasteiger partial charge is 0.309 e. The number of aromatic amines is 1. The smallest absolute Gasteiger partial charge is 0.228 e. The maximum Gasteiger partial charge on any atom is 0.228 e. The highest BCUT2D eigenvalue weighted by molar-refractivity contribution is 5.91. The molecule has 4 heteroatoms. The summed E-state index contributed by atoms with van der Waals surface area (Å²) in [7, 11) is 0. The summed E-state index contributed by atoms with van der Waals surface area (Å²) in [6, 6.07) is 0. The fourth-order valence-electron chi connectivity index (χ4n) is 0.868. The van der Waals surface area contributed by atoms with Crippen LogP contribution in [0.3, 0.4) is 0 Å². The van der Waals surface area contributed by atoms with Gasteiger partial charge in [-0.15, -0.1) is 0 Å². The zero-order valence-corrected chi connectivity index (χ0v) is 8.43. The molecule has 0 spiro atoms. The van der Waals surface area contributed by atoms with Gasteiger partial charge in [0.15, 0.2) is 5.82 Å². The van der Waals surface area contributed by atoms with Crippen molar-refractivity contribution in [1.82, 2.24) is 10.2 Å². The van der Waals surface area contributed by atoms with Crippen LogP contribution in [0.5, 0.6) is 0 Å². The van der Waals surface area contributed by atoms with Crippen molar-refractivity contribution < 1.29 is 4.79 Å². The molecular weight excluding hydrogens is 166 g/mol. The number of hydrogen-bond donors (Lipinski definition) is 2. The van der Waals surface area contributed by atoms with E-state index < -0.39 is 0 Å². The van der Waals surface area contributed by atoms with Crippen LogP contribution in [-0.2, 0) is 4.79 Å². The van der Waals surface area contributed by atoms with Gasteiger partial charge in [0, 0.05) is 17.2 Å². The van der Waals surface area contributed by atoms with Gasteiger partial charge in [0.1, 0.15) is 0 Å². The van der Waals surface area contributed by atoms with E-state index in [9.17, 15) is 4.79 Å². The second-order valence-electron chi connectivity index (χ2n) is 3.47. The van der Waals surface area contributed by atoms with Gasteiger partial charge in [-0.2, -0.15) is 5.10 Å². The molecular formula is C9H15N3O. The normalized spacial score (nSPS) is 10.5. The van der Waals surface area contributed by atoms with E-state index >= 15 is 0 Å². The van der Waals surface area contributed by atoms with Crippen LogP contribution in [0.2, 0.25) is 0 Å². The van der Waals surface area contributed by atoms with Crippen LogP contribution in [0, 0.1) is 19.8 Å². The Hall–Kier alpha value is -1.32. The molecule has 0 bridgehead atoms. The van der Waals surface area contributed by atoms with Crippen molar-refractivity contribution in [2.75, 3.05) is 5.32 Å². The fourth-order valence-corrected chi connectivity index (χ4v) is 0.868. The third-order valence-corrected chi connectivity index (χ3v) is 2.02. The van der Waals surface area contributed by atoms with E-state index in [1.54, 1.807) is 0 Å². The second-order valence-corrected chi connectivity index (χ2v) is 3.47. The number of carbonyl (C=O) groups excluding carboxylic acids is 1. The van der Waals surface area contributed by atoms with Crippen molar-refractivity contribution in [2.24, 2.45) is 5.92 Å². The van der Waals surface area contributed by atoms with Gasteiger partial charge in [-0.05, 0) is 13.8 Å². The number of amides is 1. The molecule has 0 saturated heterocycles. The summed E-state index contributed by atoms with van der Waals surface area (Å²) in [5.74, 6) is 0.613. The number of H-pyrrole nitrogens is 1. The number of rotatable bonds is 2. The molecule has 0 aromatic carbocycles. The van der Waals surface area contributed by atoms with E-state index in [4.69, 9.17) is 0 Å². The van der Waals surface area contributed by atoms with E-state index in [1.165, 1.54) is 0 Å². The number of anilines is 1. The summed E-state index contributed by atoms with van der Waals surface area (Å²) in [6.07, 6.45) is 0. The van der Waals surface area contributed by atoms with Crippen LogP contribution in [0.4, 0.5) is 5.82 Å². The van der Waals surface area contributed by atoms with Crippen LogP contribution < -0.4 is 5.32 Å². The Morgan fingerprint density at radius 2 is 2.08 bits per heavy atom. The predicted octanol–water partition coefficient (Wildman–Crippen LogP) is 1.62. The molecule has 1 aromatic rings. The topological polar surface area (TPSA) is 57.8 Å². The number of nitrogens with zero attached hydrogens (tertiary/aromatic N) is 1. The summed E-state index contributed by atoms with van der Waals surface area (Å²) in [5.41, 5.74) is 1.98. The van der Waals surface area contributed by atoms with Crippen LogP contribution >= 0.6 is 0 Å². The minimum atomic E-state index is -0.0172. The third-order valence-electron chi connectivity index (χ3n) is 2.02. The van der Waals surface area contributed by atoms with E-state index in [-0.39, 0.29) is 11.8 Å². The fraction of sp³-hybridized carbons (Fsp3) is 0.556. The Kier molecular flexibility index (Phi) is 2.70. The summed E-state index contributed by atoms with van der Waals surface area (Å²) >= 11 is 0. The zero-order valence-electron chi connectivity index (χ0n) is 8.43. The van der Waals surface area contributed by atoms with Crippen LogP contribution in [-0.4, -0.2) is 16.1 Å². The molecule has 13 heavy (non-hydrogen) atoms. The van der Waals surface area contributed by atoms with E-state index in [1.807, 2.05) is 27.7 Å². The first-order valence-electron chi connectivity index (χ1n) is 4.34. The van der Waals surface area contributed by atoms with Crippen LogP contribution in [0.25, 0.3) is 0 Å². The first kappa shape index (κ1) is 9.77. The molecule has 0 aliphatic rings. The van der Waals surface area contributed by atoms with Gasteiger partial charge in [-0.25, -0.2) is 0 Å². The van der Waals surface area contributed by atoms with E-state index in [0.29, 0.717) is 5.82 Å². The number of hydrogen-bond acceptors (Lipinski definition) is 2. The van der Waals surface area contributed by atoms with Gasteiger partial charge in [0.2, 0.25) is 5.91 Å². The molecule has 0 unspecified atom stereocenters. The first-order valence-corrected chi connectivity index (χ1v) is 4.34. The second kappa shape index (κ2) is 3.60. The molecule has 1 aromatic heterocycles. The van der Waals surface area contributed by atoms with Crippen molar-refractivity contribution in [2.45, 2.75) is 27.7 Å². The molecule has 1 heterocycles. The average Bonchev–Trinajstić information content (AvgIpc) is 2.36. The highest BCUT2D eigenvalue weighted by Crippen LogP contribution is 2.14. The first-order chi connectivity index (χ1) is 6.02. The Bertz CT molecular complexity index is 315. The Morgan fingerprint density at radius 1 is 1.46 bits per heavy atom. The zero-order chi connectivity index (χ0) is 10.0. The van der Waals surface area contributed by atoms with Crippen molar-refractivity contribution in [3.8, 4) is 0 Å². The molecule has 0 saturated carbocycles. The number of carbonyl (C=O) groups is 1. The minimum absolute atomic E-state index is 0.00500. The lowest BCUT2D eigenvalue weighted by atomic mass is 10.2. The maximum atomic E-state index is 11.3. The Morgan fingerprint density at radius 3 is 2.46 bits per heavy atom. The molecule has 72 valence electrons. The number of nitrogens with one attached hydrogen (secondary N) is 2. The maximum absolute atomic E-state index is 11.3. The molecule has 0 aliphatic carbocycles. The quantitative estimate of drug-likeness (QED) is 0.728. The van der Waals surface area contributed by atoms with Crippen molar-refractivity contribution in [3.63, 3.8) is 0 Å². The predicted molar refractivity (Wildman–Crippen MR) is 51.5 cm³/mol.